The topological polar surface area (TPSA) is 131 Å². The zero-order valence-corrected chi connectivity index (χ0v) is 18.2. The Morgan fingerprint density at radius 1 is 1.53 bits per heavy atom. The molecular formula is C18H17ClN4O5S2. The molecule has 1 amide bonds. The van der Waals surface area contributed by atoms with Crippen LogP contribution in [0.15, 0.2) is 17.5 Å². The van der Waals surface area contributed by atoms with Crippen molar-refractivity contribution in [3.05, 3.63) is 39.5 Å². The highest BCUT2D eigenvalue weighted by molar-refractivity contribution is 7.91. The fourth-order valence-corrected chi connectivity index (χ4v) is 5.75. The molecule has 3 heterocycles. The first-order valence-corrected chi connectivity index (χ1v) is 11.9. The largest absolute Gasteiger partial charge is 0.452 e. The van der Waals surface area contributed by atoms with Gasteiger partial charge in [0.05, 0.1) is 28.8 Å². The van der Waals surface area contributed by atoms with Crippen molar-refractivity contribution in [2.75, 3.05) is 23.4 Å². The van der Waals surface area contributed by atoms with E-state index in [1.807, 2.05) is 6.07 Å². The number of ether oxygens (including phenoxy) is 1. The number of esters is 1. The Hall–Kier alpha value is -2.68. The summed E-state index contributed by atoms with van der Waals surface area (Å²) in [4.78, 5) is 23.8. The molecule has 12 heteroatoms. The average molecular weight is 469 g/mol. The lowest BCUT2D eigenvalue weighted by atomic mass is 10.2. The van der Waals surface area contributed by atoms with Gasteiger partial charge in [-0.2, -0.15) is 10.4 Å². The van der Waals surface area contributed by atoms with Crippen LogP contribution in [-0.4, -0.2) is 48.2 Å². The Kier molecular flexibility index (Phi) is 6.60. The Labute approximate surface area is 181 Å². The zero-order valence-electron chi connectivity index (χ0n) is 15.8. The monoisotopic (exact) mass is 468 g/mol. The molecule has 1 saturated heterocycles. The maximum atomic E-state index is 11.9. The van der Waals surface area contributed by atoms with Crippen molar-refractivity contribution in [3.63, 3.8) is 0 Å². The summed E-state index contributed by atoms with van der Waals surface area (Å²) in [7, 11) is -3.10. The molecule has 0 radical (unpaired) electrons. The number of hydrogen-bond acceptors (Lipinski definition) is 8. The second-order valence-corrected chi connectivity index (χ2v) is 10.1. The molecule has 0 aliphatic carbocycles. The fourth-order valence-electron chi connectivity index (χ4n) is 2.92. The predicted molar refractivity (Wildman–Crippen MR) is 112 cm³/mol. The zero-order chi connectivity index (χ0) is 21.9. The summed E-state index contributed by atoms with van der Waals surface area (Å²) in [5, 5.41) is 18.0. The SMILES string of the molecule is Cc1nn(C2CCS(=O)(=O)C2)c(Cl)c1/C=C/C(=O)OCC(=O)Nc1sccc1C#N. The highest BCUT2D eigenvalue weighted by atomic mass is 35.5. The number of anilines is 1. The molecule has 2 aromatic heterocycles. The lowest BCUT2D eigenvalue weighted by Gasteiger charge is -2.09. The van der Waals surface area contributed by atoms with Crippen LogP contribution in [0.4, 0.5) is 5.00 Å². The summed E-state index contributed by atoms with van der Waals surface area (Å²) in [6, 6.07) is 3.18. The minimum absolute atomic E-state index is 0.0219. The van der Waals surface area contributed by atoms with Gasteiger partial charge in [-0.05, 0) is 30.9 Å². The van der Waals surface area contributed by atoms with Crippen LogP contribution in [-0.2, 0) is 24.2 Å². The maximum absolute atomic E-state index is 11.9. The molecule has 9 nitrogen and oxygen atoms in total. The molecule has 0 spiro atoms. The summed E-state index contributed by atoms with van der Waals surface area (Å²) >= 11 is 7.52. The number of thiophene rings is 1. The molecule has 0 saturated carbocycles. The molecule has 158 valence electrons. The van der Waals surface area contributed by atoms with Gasteiger partial charge >= 0.3 is 5.97 Å². The molecule has 30 heavy (non-hydrogen) atoms. The van der Waals surface area contributed by atoms with Crippen LogP contribution in [0.3, 0.4) is 0 Å². The Morgan fingerprint density at radius 3 is 2.97 bits per heavy atom. The van der Waals surface area contributed by atoms with Crippen molar-refractivity contribution in [2.45, 2.75) is 19.4 Å². The third-order valence-electron chi connectivity index (χ3n) is 4.40. The van der Waals surface area contributed by atoms with E-state index < -0.39 is 28.3 Å². The smallest absolute Gasteiger partial charge is 0.331 e. The van der Waals surface area contributed by atoms with E-state index in [0.717, 1.165) is 6.08 Å². The maximum Gasteiger partial charge on any atom is 0.331 e. The van der Waals surface area contributed by atoms with Crippen molar-refractivity contribution < 1.29 is 22.7 Å². The van der Waals surface area contributed by atoms with Crippen LogP contribution in [0.1, 0.15) is 29.3 Å². The molecule has 1 atom stereocenters. The number of sulfone groups is 1. The van der Waals surface area contributed by atoms with Crippen LogP contribution in [0.2, 0.25) is 5.15 Å². The number of amides is 1. The van der Waals surface area contributed by atoms with Gasteiger partial charge in [0, 0.05) is 11.6 Å². The molecule has 1 fully saturated rings. The number of aromatic nitrogens is 2. The van der Waals surface area contributed by atoms with Crippen LogP contribution >= 0.6 is 22.9 Å². The van der Waals surface area contributed by atoms with E-state index >= 15 is 0 Å². The molecule has 1 aliphatic heterocycles. The summed E-state index contributed by atoms with van der Waals surface area (Å²) in [5.74, 6) is -1.26. The quantitative estimate of drug-likeness (QED) is 0.508. The van der Waals surface area contributed by atoms with E-state index in [-0.39, 0.29) is 22.7 Å². The van der Waals surface area contributed by atoms with E-state index in [1.165, 1.54) is 22.1 Å². The van der Waals surface area contributed by atoms with Gasteiger partial charge in [-0.15, -0.1) is 11.3 Å². The average Bonchev–Trinajstić information content (AvgIpc) is 3.36. The third kappa shape index (κ3) is 5.08. The van der Waals surface area contributed by atoms with Crippen molar-refractivity contribution in [1.29, 1.82) is 5.26 Å². The van der Waals surface area contributed by atoms with Gasteiger partial charge in [-0.1, -0.05) is 11.6 Å². The number of carbonyl (C=O) groups is 2. The Morgan fingerprint density at radius 2 is 2.30 bits per heavy atom. The normalized spacial score (nSPS) is 17.7. The first-order valence-electron chi connectivity index (χ1n) is 8.77. The van der Waals surface area contributed by atoms with E-state index in [0.29, 0.717) is 28.2 Å². The molecule has 0 aromatic carbocycles. The molecule has 1 aliphatic rings. The van der Waals surface area contributed by atoms with Crippen molar-refractivity contribution >= 4 is 55.7 Å². The molecule has 1 unspecified atom stereocenters. The summed E-state index contributed by atoms with van der Waals surface area (Å²) < 4.78 is 29.7. The number of aryl methyl sites for hydroxylation is 1. The van der Waals surface area contributed by atoms with Gasteiger partial charge in [0.15, 0.2) is 16.4 Å². The van der Waals surface area contributed by atoms with Crippen molar-refractivity contribution in [3.8, 4) is 6.07 Å². The number of halogens is 1. The highest BCUT2D eigenvalue weighted by Gasteiger charge is 2.31. The van der Waals surface area contributed by atoms with Gasteiger partial charge in [-0.3, -0.25) is 4.79 Å². The number of hydrogen-bond donors (Lipinski definition) is 1. The first-order chi connectivity index (χ1) is 14.2. The molecule has 2 aromatic rings. The summed E-state index contributed by atoms with van der Waals surface area (Å²) in [5.41, 5.74) is 1.34. The second kappa shape index (κ2) is 8.99. The highest BCUT2D eigenvalue weighted by Crippen LogP contribution is 2.30. The lowest BCUT2D eigenvalue weighted by Crippen LogP contribution is -2.20. The van der Waals surface area contributed by atoms with E-state index in [9.17, 15) is 18.0 Å². The van der Waals surface area contributed by atoms with Crippen LogP contribution in [0.25, 0.3) is 6.08 Å². The molecular weight excluding hydrogens is 452 g/mol. The minimum atomic E-state index is -3.10. The lowest BCUT2D eigenvalue weighted by molar-refractivity contribution is -0.142. The van der Waals surface area contributed by atoms with E-state index in [1.54, 1.807) is 18.4 Å². The van der Waals surface area contributed by atoms with Crippen molar-refractivity contribution in [2.24, 2.45) is 0 Å². The number of rotatable bonds is 6. The van der Waals surface area contributed by atoms with Gasteiger partial charge in [0.2, 0.25) is 0 Å². The van der Waals surface area contributed by atoms with Gasteiger partial charge in [0.1, 0.15) is 16.2 Å². The second-order valence-electron chi connectivity index (χ2n) is 6.56. The van der Waals surface area contributed by atoms with Crippen LogP contribution in [0, 0.1) is 18.3 Å². The van der Waals surface area contributed by atoms with E-state index in [4.69, 9.17) is 21.6 Å². The van der Waals surface area contributed by atoms with Crippen LogP contribution in [0.5, 0.6) is 0 Å². The molecule has 0 bridgehead atoms. The predicted octanol–water partition coefficient (Wildman–Crippen LogP) is 2.33. The van der Waals surface area contributed by atoms with Gasteiger partial charge < -0.3 is 10.1 Å². The number of nitriles is 1. The Bertz CT molecular complexity index is 1160. The molecule has 1 N–H and O–H groups in total. The van der Waals surface area contributed by atoms with Crippen LogP contribution < -0.4 is 5.32 Å². The molecule has 3 rings (SSSR count). The Balaban J connectivity index is 1.58. The third-order valence-corrected chi connectivity index (χ3v) is 7.35. The van der Waals surface area contributed by atoms with Gasteiger partial charge in [0.25, 0.3) is 5.91 Å². The fraction of sp³-hybridized carbons (Fsp3) is 0.333. The standard InChI is InChI=1S/C18H17ClN4O5S2/c1-11-14(17(19)23(22-11)13-5-7-30(26,27)10-13)2-3-16(25)28-9-15(24)21-18-12(8-20)4-6-29-18/h2-4,6,13H,5,7,9-10H2,1H3,(H,21,24)/b3-2+. The minimum Gasteiger partial charge on any atom is -0.452 e. The number of carbonyl (C=O) groups excluding carboxylic acids is 2. The number of nitrogens with zero attached hydrogens (tertiary/aromatic N) is 3. The van der Waals surface area contributed by atoms with Gasteiger partial charge in [-0.25, -0.2) is 17.9 Å². The number of nitrogens with one attached hydrogen (secondary N) is 1. The van der Waals surface area contributed by atoms with Crippen molar-refractivity contribution in [1.82, 2.24) is 9.78 Å². The van der Waals surface area contributed by atoms with E-state index in [2.05, 4.69) is 10.4 Å². The summed E-state index contributed by atoms with van der Waals surface area (Å²) in [6.07, 6.45) is 2.96. The summed E-state index contributed by atoms with van der Waals surface area (Å²) in [6.45, 7) is 1.18. The first kappa shape index (κ1) is 22.0.